The van der Waals surface area contributed by atoms with Crippen LogP contribution in [0.25, 0.3) is 10.1 Å². The Balaban J connectivity index is 1.73. The Hall–Kier alpha value is -2.05. The number of aromatic nitrogens is 2. The predicted molar refractivity (Wildman–Crippen MR) is 85.8 cm³/mol. The Morgan fingerprint density at radius 2 is 2.33 bits per heavy atom. The van der Waals surface area contributed by atoms with Gasteiger partial charge in [-0.2, -0.15) is 0 Å². The van der Waals surface area contributed by atoms with Gasteiger partial charge in [0.15, 0.2) is 0 Å². The fraction of sp³-hybridized carbons (Fsp3) is 0.143. The average Bonchev–Trinajstić information content (AvgIpc) is 3.07. The predicted octanol–water partition coefficient (Wildman–Crippen LogP) is 2.76. The van der Waals surface area contributed by atoms with Gasteiger partial charge in [0.1, 0.15) is 4.88 Å². The summed E-state index contributed by atoms with van der Waals surface area (Å²) in [6.45, 7) is 1.19. The number of hydrogen-bond donors (Lipinski definition) is 2. The number of imidazole rings is 1. The Bertz CT molecular complexity index is 782. The number of carbonyl (C=O) groups is 1. The molecule has 5 nitrogen and oxygen atoms in total. The van der Waals surface area contributed by atoms with Crippen LogP contribution in [-0.4, -0.2) is 22.0 Å². The van der Waals surface area contributed by atoms with E-state index >= 15 is 0 Å². The highest BCUT2D eigenvalue weighted by molar-refractivity contribution is 7.21. The van der Waals surface area contributed by atoms with E-state index in [1.807, 2.05) is 22.9 Å². The van der Waals surface area contributed by atoms with Gasteiger partial charge in [0, 0.05) is 40.6 Å². The van der Waals surface area contributed by atoms with Crippen molar-refractivity contribution in [1.82, 2.24) is 14.9 Å². The zero-order valence-electron chi connectivity index (χ0n) is 11.0. The summed E-state index contributed by atoms with van der Waals surface area (Å²) in [6.07, 6.45) is 5.26. The number of thiophene rings is 1. The number of benzene rings is 1. The van der Waals surface area contributed by atoms with E-state index in [9.17, 15) is 4.79 Å². The SMILES string of the molecule is Nc1c(C(=O)NCCn2ccnc2)sc2cc(Cl)ccc12. The van der Waals surface area contributed by atoms with Crippen molar-refractivity contribution in [3.8, 4) is 0 Å². The van der Waals surface area contributed by atoms with Crippen molar-refractivity contribution in [2.45, 2.75) is 6.54 Å². The van der Waals surface area contributed by atoms with Gasteiger partial charge in [-0.15, -0.1) is 11.3 Å². The minimum Gasteiger partial charge on any atom is -0.397 e. The van der Waals surface area contributed by atoms with Gasteiger partial charge < -0.3 is 15.6 Å². The molecule has 0 aliphatic heterocycles. The van der Waals surface area contributed by atoms with Gasteiger partial charge in [-0.05, 0) is 18.2 Å². The number of carbonyl (C=O) groups excluding carboxylic acids is 1. The highest BCUT2D eigenvalue weighted by Crippen LogP contribution is 2.35. The summed E-state index contributed by atoms with van der Waals surface area (Å²) in [5.41, 5.74) is 6.55. The summed E-state index contributed by atoms with van der Waals surface area (Å²) in [6, 6.07) is 5.43. The van der Waals surface area contributed by atoms with Crippen molar-refractivity contribution >= 4 is 44.6 Å². The van der Waals surface area contributed by atoms with Gasteiger partial charge in [-0.3, -0.25) is 4.79 Å². The molecule has 0 aliphatic carbocycles. The number of nitrogens with zero attached hydrogens (tertiary/aromatic N) is 2. The summed E-state index contributed by atoms with van der Waals surface area (Å²) >= 11 is 7.31. The Labute approximate surface area is 130 Å². The summed E-state index contributed by atoms with van der Waals surface area (Å²) in [4.78, 5) is 16.7. The van der Waals surface area contributed by atoms with Gasteiger partial charge in [0.2, 0.25) is 0 Å². The lowest BCUT2D eigenvalue weighted by atomic mass is 10.2. The Kier molecular flexibility index (Phi) is 3.81. The van der Waals surface area contributed by atoms with Crippen molar-refractivity contribution < 1.29 is 4.79 Å². The van der Waals surface area contributed by atoms with Gasteiger partial charge in [0.25, 0.3) is 5.91 Å². The van der Waals surface area contributed by atoms with Crippen LogP contribution in [0.3, 0.4) is 0 Å². The molecule has 0 aliphatic rings. The number of hydrogen-bond acceptors (Lipinski definition) is 4. The molecule has 3 N–H and O–H groups in total. The van der Waals surface area contributed by atoms with E-state index in [1.54, 1.807) is 18.6 Å². The van der Waals surface area contributed by atoms with E-state index in [0.29, 0.717) is 28.7 Å². The number of nitrogen functional groups attached to an aromatic ring is 1. The van der Waals surface area contributed by atoms with E-state index in [-0.39, 0.29) is 5.91 Å². The fourth-order valence-corrected chi connectivity index (χ4v) is 3.37. The molecule has 7 heteroatoms. The van der Waals surface area contributed by atoms with Crippen LogP contribution in [0, 0.1) is 0 Å². The zero-order valence-corrected chi connectivity index (χ0v) is 12.6. The van der Waals surface area contributed by atoms with Crippen molar-refractivity contribution in [3.63, 3.8) is 0 Å². The quantitative estimate of drug-likeness (QED) is 0.776. The van der Waals surface area contributed by atoms with Gasteiger partial charge in [0.05, 0.1) is 12.0 Å². The second kappa shape index (κ2) is 5.75. The number of rotatable bonds is 4. The first-order valence-corrected chi connectivity index (χ1v) is 7.56. The smallest absolute Gasteiger partial charge is 0.263 e. The lowest BCUT2D eigenvalue weighted by Gasteiger charge is -2.05. The Morgan fingerprint density at radius 1 is 1.48 bits per heavy atom. The number of nitrogens with one attached hydrogen (secondary N) is 1. The molecule has 2 heterocycles. The van der Waals surface area contributed by atoms with Gasteiger partial charge in [-0.25, -0.2) is 4.98 Å². The number of halogens is 1. The molecule has 2 aromatic heterocycles. The third-order valence-corrected chi connectivity index (χ3v) is 4.51. The normalized spacial score (nSPS) is 10.9. The molecule has 0 fully saturated rings. The highest BCUT2D eigenvalue weighted by atomic mass is 35.5. The molecule has 3 rings (SSSR count). The van der Waals surface area contributed by atoms with Crippen LogP contribution in [0.4, 0.5) is 5.69 Å². The van der Waals surface area contributed by atoms with E-state index < -0.39 is 0 Å². The molecular formula is C14H13ClN4OS. The maximum absolute atomic E-state index is 12.2. The van der Waals surface area contributed by atoms with Crippen molar-refractivity contribution in [1.29, 1.82) is 0 Å². The van der Waals surface area contributed by atoms with Crippen molar-refractivity contribution in [3.05, 3.63) is 46.8 Å². The molecule has 0 unspecified atom stereocenters. The van der Waals surface area contributed by atoms with Crippen LogP contribution in [0.5, 0.6) is 0 Å². The molecular weight excluding hydrogens is 308 g/mol. The molecule has 0 saturated carbocycles. The van der Waals surface area contributed by atoms with Crippen LogP contribution in [0.2, 0.25) is 5.02 Å². The number of nitrogens with two attached hydrogens (primary N) is 1. The third kappa shape index (κ3) is 2.86. The third-order valence-electron chi connectivity index (χ3n) is 3.11. The number of fused-ring (bicyclic) bond motifs is 1. The van der Waals surface area contributed by atoms with E-state index in [4.69, 9.17) is 17.3 Å². The molecule has 0 atom stereocenters. The average molecular weight is 321 g/mol. The standard InChI is InChI=1S/C14H13ClN4OS/c15-9-1-2-10-11(7-9)21-13(12(10)16)14(20)18-4-6-19-5-3-17-8-19/h1-3,5,7-8H,4,6,16H2,(H,18,20). The van der Waals surface area contributed by atoms with Crippen LogP contribution in [0.15, 0.2) is 36.9 Å². The molecule has 108 valence electrons. The second-order valence-electron chi connectivity index (χ2n) is 4.54. The molecule has 3 aromatic rings. The van der Waals surface area contributed by atoms with Crippen molar-refractivity contribution in [2.75, 3.05) is 12.3 Å². The lowest BCUT2D eigenvalue weighted by Crippen LogP contribution is -2.26. The maximum atomic E-state index is 12.2. The monoisotopic (exact) mass is 320 g/mol. The topological polar surface area (TPSA) is 72.9 Å². The summed E-state index contributed by atoms with van der Waals surface area (Å²) in [5, 5.41) is 4.36. The van der Waals surface area contributed by atoms with Crippen molar-refractivity contribution in [2.24, 2.45) is 0 Å². The highest BCUT2D eigenvalue weighted by Gasteiger charge is 2.16. The van der Waals surface area contributed by atoms with E-state index in [0.717, 1.165) is 10.1 Å². The molecule has 1 amide bonds. The summed E-state index contributed by atoms with van der Waals surface area (Å²) in [7, 11) is 0. The first-order valence-electron chi connectivity index (χ1n) is 6.36. The van der Waals surface area contributed by atoms with Crippen LogP contribution in [-0.2, 0) is 6.54 Å². The first kappa shape index (κ1) is 13.9. The van der Waals surface area contributed by atoms with Gasteiger partial charge >= 0.3 is 0 Å². The number of amides is 1. The summed E-state index contributed by atoms with van der Waals surface area (Å²) in [5.74, 6) is -0.162. The number of anilines is 1. The van der Waals surface area contributed by atoms with Crippen LogP contribution in [0.1, 0.15) is 9.67 Å². The molecule has 0 radical (unpaired) electrons. The lowest BCUT2D eigenvalue weighted by molar-refractivity contribution is 0.0957. The minimum absolute atomic E-state index is 0.162. The first-order chi connectivity index (χ1) is 10.1. The maximum Gasteiger partial charge on any atom is 0.263 e. The molecule has 21 heavy (non-hydrogen) atoms. The summed E-state index contributed by atoms with van der Waals surface area (Å²) < 4.78 is 2.81. The van der Waals surface area contributed by atoms with Crippen LogP contribution < -0.4 is 11.1 Å². The van der Waals surface area contributed by atoms with Gasteiger partial charge in [-0.1, -0.05) is 11.6 Å². The van der Waals surface area contributed by atoms with Crippen LogP contribution >= 0.6 is 22.9 Å². The Morgan fingerprint density at radius 3 is 3.10 bits per heavy atom. The molecule has 0 spiro atoms. The minimum atomic E-state index is -0.162. The molecule has 0 bridgehead atoms. The largest absolute Gasteiger partial charge is 0.397 e. The molecule has 0 saturated heterocycles. The fourth-order valence-electron chi connectivity index (χ4n) is 2.06. The van der Waals surface area contributed by atoms with E-state index in [2.05, 4.69) is 10.3 Å². The second-order valence-corrected chi connectivity index (χ2v) is 6.03. The molecule has 1 aromatic carbocycles. The zero-order chi connectivity index (χ0) is 14.8. The van der Waals surface area contributed by atoms with E-state index in [1.165, 1.54) is 11.3 Å².